The van der Waals surface area contributed by atoms with E-state index in [-0.39, 0.29) is 6.10 Å². The predicted octanol–water partition coefficient (Wildman–Crippen LogP) is 2.05. The fraction of sp³-hybridized carbons (Fsp3) is 0.357. The Morgan fingerprint density at radius 3 is 3.11 bits per heavy atom. The quantitative estimate of drug-likeness (QED) is 0.848. The second-order valence-electron chi connectivity index (χ2n) is 4.62. The van der Waals surface area contributed by atoms with Gasteiger partial charge in [-0.05, 0) is 18.6 Å². The fourth-order valence-corrected chi connectivity index (χ4v) is 2.20. The second-order valence-corrected chi connectivity index (χ2v) is 4.62. The number of ether oxygens (including phenoxy) is 1. The van der Waals surface area contributed by atoms with Crippen LogP contribution < -0.4 is 5.32 Å². The summed E-state index contributed by atoms with van der Waals surface area (Å²) in [6.45, 7) is 4.57. The molecule has 1 aromatic heterocycles. The standard InChI is InChI=1S/C14H17N3O/c1-10-3-2-4-11(7-10)12-8-16-14(17-12)13-9-15-5-6-18-13/h2-4,7-8,13,15H,5-6,9H2,1H3,(H,16,17). The fourth-order valence-electron chi connectivity index (χ4n) is 2.20. The molecule has 0 spiro atoms. The SMILES string of the molecule is Cc1cccc(-c2cnc(C3CNCCO3)[nH]2)c1. The molecule has 1 unspecified atom stereocenters. The first-order valence-corrected chi connectivity index (χ1v) is 6.27. The molecule has 2 aromatic rings. The number of nitrogens with one attached hydrogen (secondary N) is 2. The molecule has 2 N–H and O–H groups in total. The minimum atomic E-state index is 0.0392. The first kappa shape index (κ1) is 11.4. The van der Waals surface area contributed by atoms with Crippen LogP contribution in [0, 0.1) is 6.92 Å². The van der Waals surface area contributed by atoms with E-state index in [1.165, 1.54) is 5.56 Å². The highest BCUT2D eigenvalue weighted by molar-refractivity contribution is 5.59. The van der Waals surface area contributed by atoms with Gasteiger partial charge in [-0.2, -0.15) is 0 Å². The lowest BCUT2D eigenvalue weighted by Gasteiger charge is -2.21. The summed E-state index contributed by atoms with van der Waals surface area (Å²) in [5, 5.41) is 3.31. The highest BCUT2D eigenvalue weighted by Gasteiger charge is 2.18. The summed E-state index contributed by atoms with van der Waals surface area (Å²) >= 11 is 0. The second kappa shape index (κ2) is 4.92. The molecule has 1 aromatic carbocycles. The molecule has 4 nitrogen and oxygen atoms in total. The Kier molecular flexibility index (Phi) is 3.13. The van der Waals surface area contributed by atoms with Gasteiger partial charge in [0, 0.05) is 13.1 Å². The van der Waals surface area contributed by atoms with Crippen molar-refractivity contribution in [2.45, 2.75) is 13.0 Å². The zero-order valence-electron chi connectivity index (χ0n) is 10.4. The van der Waals surface area contributed by atoms with E-state index in [0.29, 0.717) is 0 Å². The van der Waals surface area contributed by atoms with E-state index in [9.17, 15) is 0 Å². The van der Waals surface area contributed by atoms with Crippen LogP contribution in [0.4, 0.5) is 0 Å². The summed E-state index contributed by atoms with van der Waals surface area (Å²) in [6.07, 6.45) is 1.92. The number of hydrogen-bond acceptors (Lipinski definition) is 3. The monoisotopic (exact) mass is 243 g/mol. The van der Waals surface area contributed by atoms with E-state index in [4.69, 9.17) is 4.74 Å². The van der Waals surface area contributed by atoms with Gasteiger partial charge in [0.2, 0.25) is 0 Å². The van der Waals surface area contributed by atoms with Crippen molar-refractivity contribution in [2.75, 3.05) is 19.7 Å². The molecule has 3 rings (SSSR count). The molecule has 4 heteroatoms. The van der Waals surface area contributed by atoms with Crippen LogP contribution in [0.25, 0.3) is 11.3 Å². The van der Waals surface area contributed by atoms with Crippen molar-refractivity contribution in [3.05, 3.63) is 41.9 Å². The van der Waals surface area contributed by atoms with E-state index < -0.39 is 0 Å². The highest BCUT2D eigenvalue weighted by Crippen LogP contribution is 2.22. The minimum Gasteiger partial charge on any atom is -0.368 e. The third kappa shape index (κ3) is 2.30. The van der Waals surface area contributed by atoms with Crippen molar-refractivity contribution in [3.8, 4) is 11.3 Å². The Morgan fingerprint density at radius 2 is 2.33 bits per heavy atom. The molecular weight excluding hydrogens is 226 g/mol. The van der Waals surface area contributed by atoms with Crippen LogP contribution in [0.2, 0.25) is 0 Å². The summed E-state index contributed by atoms with van der Waals surface area (Å²) in [4.78, 5) is 7.78. The summed E-state index contributed by atoms with van der Waals surface area (Å²) < 4.78 is 5.68. The average Bonchev–Trinajstić information content (AvgIpc) is 2.89. The molecule has 2 heterocycles. The molecule has 0 bridgehead atoms. The van der Waals surface area contributed by atoms with Crippen LogP contribution >= 0.6 is 0 Å². The third-order valence-corrected chi connectivity index (χ3v) is 3.16. The summed E-state index contributed by atoms with van der Waals surface area (Å²) in [7, 11) is 0. The van der Waals surface area contributed by atoms with Gasteiger partial charge < -0.3 is 15.0 Å². The van der Waals surface area contributed by atoms with Crippen LogP contribution in [-0.2, 0) is 4.74 Å². The molecule has 1 aliphatic rings. The maximum atomic E-state index is 5.68. The molecule has 1 fully saturated rings. The van der Waals surface area contributed by atoms with Gasteiger partial charge in [-0.25, -0.2) is 4.98 Å². The van der Waals surface area contributed by atoms with Crippen LogP contribution in [0.15, 0.2) is 30.5 Å². The maximum absolute atomic E-state index is 5.68. The minimum absolute atomic E-state index is 0.0392. The number of benzene rings is 1. The largest absolute Gasteiger partial charge is 0.368 e. The van der Waals surface area contributed by atoms with E-state index in [1.807, 2.05) is 6.20 Å². The topological polar surface area (TPSA) is 49.9 Å². The first-order chi connectivity index (χ1) is 8.83. The van der Waals surface area contributed by atoms with E-state index >= 15 is 0 Å². The van der Waals surface area contributed by atoms with E-state index in [0.717, 1.165) is 36.8 Å². The van der Waals surface area contributed by atoms with Gasteiger partial charge >= 0.3 is 0 Å². The van der Waals surface area contributed by atoms with Gasteiger partial charge in [-0.3, -0.25) is 0 Å². The van der Waals surface area contributed by atoms with Crippen molar-refractivity contribution < 1.29 is 4.74 Å². The van der Waals surface area contributed by atoms with Gasteiger partial charge in [-0.1, -0.05) is 23.8 Å². The van der Waals surface area contributed by atoms with Crippen LogP contribution in [0.1, 0.15) is 17.5 Å². The van der Waals surface area contributed by atoms with Gasteiger partial charge in [0.25, 0.3) is 0 Å². The number of morpholine rings is 1. The van der Waals surface area contributed by atoms with E-state index in [1.54, 1.807) is 0 Å². The lowest BCUT2D eigenvalue weighted by atomic mass is 10.1. The predicted molar refractivity (Wildman–Crippen MR) is 70.3 cm³/mol. The molecule has 1 saturated heterocycles. The molecule has 1 aliphatic heterocycles. The molecule has 1 atom stereocenters. The molecule has 0 aliphatic carbocycles. The van der Waals surface area contributed by atoms with Crippen molar-refractivity contribution >= 4 is 0 Å². The normalized spacial score (nSPS) is 19.9. The summed E-state index contributed by atoms with van der Waals surface area (Å²) in [5.41, 5.74) is 3.46. The van der Waals surface area contributed by atoms with Crippen molar-refractivity contribution in [1.29, 1.82) is 0 Å². The first-order valence-electron chi connectivity index (χ1n) is 6.27. The number of hydrogen-bond donors (Lipinski definition) is 2. The lowest BCUT2D eigenvalue weighted by molar-refractivity contribution is 0.0227. The van der Waals surface area contributed by atoms with Crippen LogP contribution in [0.5, 0.6) is 0 Å². The number of imidazole rings is 1. The summed E-state index contributed by atoms with van der Waals surface area (Å²) in [6, 6.07) is 8.39. The van der Waals surface area contributed by atoms with Crippen molar-refractivity contribution in [3.63, 3.8) is 0 Å². The molecule has 0 radical (unpaired) electrons. The number of aromatic amines is 1. The average molecular weight is 243 g/mol. The van der Waals surface area contributed by atoms with Gasteiger partial charge in [-0.15, -0.1) is 0 Å². The molecule has 18 heavy (non-hydrogen) atoms. The van der Waals surface area contributed by atoms with Gasteiger partial charge in [0.15, 0.2) is 0 Å². The molecular formula is C14H17N3O. The van der Waals surface area contributed by atoms with Crippen LogP contribution in [-0.4, -0.2) is 29.7 Å². The number of aromatic nitrogens is 2. The molecule has 0 amide bonds. The molecule has 94 valence electrons. The zero-order chi connectivity index (χ0) is 12.4. The van der Waals surface area contributed by atoms with Crippen molar-refractivity contribution in [1.82, 2.24) is 15.3 Å². The Hall–Kier alpha value is -1.65. The van der Waals surface area contributed by atoms with Crippen LogP contribution in [0.3, 0.4) is 0 Å². The Balaban J connectivity index is 1.84. The highest BCUT2D eigenvalue weighted by atomic mass is 16.5. The number of aryl methyl sites for hydroxylation is 1. The summed E-state index contributed by atoms with van der Waals surface area (Å²) in [5.74, 6) is 0.902. The third-order valence-electron chi connectivity index (χ3n) is 3.16. The number of nitrogens with zero attached hydrogens (tertiary/aromatic N) is 1. The molecule has 0 saturated carbocycles. The smallest absolute Gasteiger partial charge is 0.137 e. The lowest BCUT2D eigenvalue weighted by Crippen LogP contribution is -2.33. The van der Waals surface area contributed by atoms with Gasteiger partial charge in [0.05, 0.1) is 18.5 Å². The number of H-pyrrole nitrogens is 1. The maximum Gasteiger partial charge on any atom is 0.137 e. The van der Waals surface area contributed by atoms with E-state index in [2.05, 4.69) is 46.5 Å². The zero-order valence-corrected chi connectivity index (χ0v) is 10.4. The van der Waals surface area contributed by atoms with Crippen molar-refractivity contribution in [2.24, 2.45) is 0 Å². The Bertz CT molecular complexity index is 529. The Morgan fingerprint density at radius 1 is 1.39 bits per heavy atom. The number of rotatable bonds is 2. The van der Waals surface area contributed by atoms with Gasteiger partial charge in [0.1, 0.15) is 11.9 Å². The Labute approximate surface area is 106 Å².